The fraction of sp³-hybridized carbons (Fsp3) is 0.250. The second-order valence-corrected chi connectivity index (χ2v) is 3.66. The Morgan fingerprint density at radius 2 is 1.78 bits per heavy atom. The summed E-state index contributed by atoms with van der Waals surface area (Å²) in [6.07, 6.45) is 0. The van der Waals surface area contributed by atoms with Crippen LogP contribution in [0, 0.1) is 0 Å². The van der Waals surface area contributed by atoms with Crippen LogP contribution in [-0.4, -0.2) is 32.3 Å². The lowest BCUT2D eigenvalue weighted by Crippen LogP contribution is -2.03. The third kappa shape index (κ3) is 1.71. The number of esters is 1. The molecular weight excluding hydrogens is 236 g/mol. The van der Waals surface area contributed by atoms with Gasteiger partial charge in [-0.3, -0.25) is 0 Å². The lowest BCUT2D eigenvalue weighted by atomic mass is 10.1. The number of benzene rings is 1. The van der Waals surface area contributed by atoms with E-state index in [1.165, 1.54) is 21.3 Å². The number of nitrogens with one attached hydrogen (secondary N) is 1. The Kier molecular flexibility index (Phi) is 3.01. The minimum atomic E-state index is -0.494. The minimum absolute atomic E-state index is 0.257. The van der Waals surface area contributed by atoms with E-state index in [1.54, 1.807) is 12.1 Å². The zero-order valence-electron chi connectivity index (χ0n) is 10.4. The summed E-state index contributed by atoms with van der Waals surface area (Å²) in [7, 11) is 4.37. The summed E-state index contributed by atoms with van der Waals surface area (Å²) in [5.74, 6) is 0.843. The topological polar surface area (TPSA) is 86.6 Å². The van der Waals surface area contributed by atoms with E-state index in [0.717, 1.165) is 0 Å². The molecule has 1 aromatic heterocycles. The van der Waals surface area contributed by atoms with E-state index in [2.05, 4.69) is 4.98 Å². The number of anilines is 1. The molecule has 96 valence electrons. The third-order valence-corrected chi connectivity index (χ3v) is 2.72. The molecule has 18 heavy (non-hydrogen) atoms. The smallest absolute Gasteiger partial charge is 0.342 e. The molecule has 1 heterocycles. The van der Waals surface area contributed by atoms with Crippen LogP contribution < -0.4 is 15.2 Å². The van der Waals surface area contributed by atoms with Gasteiger partial charge in [0.05, 0.1) is 26.8 Å². The summed E-state index contributed by atoms with van der Waals surface area (Å²) in [4.78, 5) is 14.6. The second-order valence-electron chi connectivity index (χ2n) is 3.66. The number of rotatable bonds is 3. The van der Waals surface area contributed by atoms with Crippen molar-refractivity contribution in [3.63, 3.8) is 0 Å². The highest BCUT2D eigenvalue weighted by Crippen LogP contribution is 2.35. The Morgan fingerprint density at radius 3 is 2.33 bits per heavy atom. The zero-order valence-corrected chi connectivity index (χ0v) is 10.4. The van der Waals surface area contributed by atoms with E-state index >= 15 is 0 Å². The molecular formula is C12H14N2O4. The van der Waals surface area contributed by atoms with Crippen molar-refractivity contribution in [3.8, 4) is 11.5 Å². The molecule has 0 atom stereocenters. The van der Waals surface area contributed by atoms with Crippen molar-refractivity contribution in [1.29, 1.82) is 0 Å². The highest BCUT2D eigenvalue weighted by atomic mass is 16.5. The molecule has 0 radical (unpaired) electrons. The first-order valence-corrected chi connectivity index (χ1v) is 5.23. The summed E-state index contributed by atoms with van der Waals surface area (Å²) in [5.41, 5.74) is 6.76. The van der Waals surface area contributed by atoms with Gasteiger partial charge >= 0.3 is 5.97 Å². The SMILES string of the molecule is COC(=O)c1c(N)[nH]c2cc(OC)c(OC)cc12. The number of hydrogen-bond acceptors (Lipinski definition) is 5. The standard InChI is InChI=1S/C12H14N2O4/c1-16-8-4-6-7(5-9(8)17-2)14-11(13)10(6)12(15)18-3/h4-5,14H,13H2,1-3H3. The predicted octanol–water partition coefficient (Wildman–Crippen LogP) is 1.55. The maximum atomic E-state index is 11.7. The van der Waals surface area contributed by atoms with Crippen molar-refractivity contribution in [3.05, 3.63) is 17.7 Å². The van der Waals surface area contributed by atoms with E-state index in [0.29, 0.717) is 28.0 Å². The van der Waals surface area contributed by atoms with E-state index in [-0.39, 0.29) is 5.82 Å². The molecule has 1 aromatic carbocycles. The van der Waals surface area contributed by atoms with Gasteiger partial charge in [0.15, 0.2) is 11.5 Å². The van der Waals surface area contributed by atoms with Gasteiger partial charge in [-0.2, -0.15) is 0 Å². The predicted molar refractivity (Wildman–Crippen MR) is 67.2 cm³/mol. The third-order valence-electron chi connectivity index (χ3n) is 2.72. The summed E-state index contributed by atoms with van der Waals surface area (Å²) in [6, 6.07) is 3.41. The van der Waals surface area contributed by atoms with Crippen molar-refractivity contribution < 1.29 is 19.0 Å². The Morgan fingerprint density at radius 1 is 1.17 bits per heavy atom. The quantitative estimate of drug-likeness (QED) is 0.807. The molecule has 0 bridgehead atoms. The molecule has 0 saturated carbocycles. The van der Waals surface area contributed by atoms with Gasteiger partial charge < -0.3 is 24.9 Å². The van der Waals surface area contributed by atoms with Crippen molar-refractivity contribution in [2.45, 2.75) is 0 Å². The average Bonchev–Trinajstić information content (AvgIpc) is 2.71. The lowest BCUT2D eigenvalue weighted by molar-refractivity contribution is 0.0604. The Hall–Kier alpha value is -2.37. The first-order valence-electron chi connectivity index (χ1n) is 5.23. The van der Waals surface area contributed by atoms with E-state index < -0.39 is 5.97 Å². The van der Waals surface area contributed by atoms with Crippen LogP contribution in [0.5, 0.6) is 11.5 Å². The molecule has 2 rings (SSSR count). The van der Waals surface area contributed by atoms with Gasteiger partial charge in [0, 0.05) is 11.5 Å². The van der Waals surface area contributed by atoms with E-state index in [9.17, 15) is 4.79 Å². The van der Waals surface area contributed by atoms with Crippen molar-refractivity contribution in [1.82, 2.24) is 4.98 Å². The number of methoxy groups -OCH3 is 3. The van der Waals surface area contributed by atoms with E-state index in [4.69, 9.17) is 19.9 Å². The summed E-state index contributed by atoms with van der Waals surface area (Å²) < 4.78 is 15.1. The summed E-state index contributed by atoms with van der Waals surface area (Å²) in [5, 5.41) is 0.636. The van der Waals surface area contributed by atoms with Gasteiger partial charge in [0.25, 0.3) is 0 Å². The van der Waals surface area contributed by atoms with Crippen LogP contribution in [0.4, 0.5) is 5.82 Å². The summed E-state index contributed by atoms with van der Waals surface area (Å²) >= 11 is 0. The van der Waals surface area contributed by atoms with Crippen LogP contribution in [0.15, 0.2) is 12.1 Å². The molecule has 0 amide bonds. The van der Waals surface area contributed by atoms with Gasteiger partial charge in [-0.25, -0.2) is 4.79 Å². The molecule has 0 aliphatic carbocycles. The molecule has 0 aliphatic rings. The van der Waals surface area contributed by atoms with Crippen LogP contribution in [0.2, 0.25) is 0 Å². The van der Waals surface area contributed by atoms with Gasteiger partial charge in [-0.1, -0.05) is 0 Å². The number of nitrogen functional groups attached to an aromatic ring is 1. The highest BCUT2D eigenvalue weighted by Gasteiger charge is 2.19. The molecule has 6 nitrogen and oxygen atoms in total. The maximum Gasteiger partial charge on any atom is 0.342 e. The fourth-order valence-corrected chi connectivity index (χ4v) is 1.86. The van der Waals surface area contributed by atoms with Crippen LogP contribution >= 0.6 is 0 Å². The molecule has 3 N–H and O–H groups in total. The first-order chi connectivity index (χ1) is 8.62. The number of carbonyl (C=O) groups is 1. The Bertz CT molecular complexity index is 604. The largest absolute Gasteiger partial charge is 0.493 e. The number of aromatic nitrogens is 1. The number of fused-ring (bicyclic) bond motifs is 1. The number of carbonyl (C=O) groups excluding carboxylic acids is 1. The van der Waals surface area contributed by atoms with E-state index in [1.807, 2.05) is 0 Å². The fourth-order valence-electron chi connectivity index (χ4n) is 1.86. The number of hydrogen-bond donors (Lipinski definition) is 2. The van der Waals surface area contributed by atoms with Crippen molar-refractivity contribution >= 4 is 22.7 Å². The Labute approximate surface area is 104 Å². The molecule has 0 unspecified atom stereocenters. The van der Waals surface area contributed by atoms with Gasteiger partial charge in [-0.15, -0.1) is 0 Å². The number of H-pyrrole nitrogens is 1. The Balaban J connectivity index is 2.74. The number of aromatic amines is 1. The van der Waals surface area contributed by atoms with Gasteiger partial charge in [-0.05, 0) is 6.07 Å². The van der Waals surface area contributed by atoms with Crippen LogP contribution in [0.3, 0.4) is 0 Å². The molecule has 0 spiro atoms. The lowest BCUT2D eigenvalue weighted by Gasteiger charge is -2.07. The number of nitrogens with two attached hydrogens (primary N) is 1. The molecule has 0 aliphatic heterocycles. The van der Waals surface area contributed by atoms with Crippen LogP contribution in [0.25, 0.3) is 10.9 Å². The van der Waals surface area contributed by atoms with Crippen LogP contribution in [-0.2, 0) is 4.74 Å². The monoisotopic (exact) mass is 250 g/mol. The summed E-state index contributed by atoms with van der Waals surface area (Å²) in [6.45, 7) is 0. The number of ether oxygens (including phenoxy) is 3. The first kappa shape index (κ1) is 12.1. The molecule has 0 saturated heterocycles. The maximum absolute atomic E-state index is 11.7. The molecule has 6 heteroatoms. The van der Waals surface area contributed by atoms with Gasteiger partial charge in [0.2, 0.25) is 0 Å². The normalized spacial score (nSPS) is 10.4. The average molecular weight is 250 g/mol. The molecule has 0 fully saturated rings. The van der Waals surface area contributed by atoms with Crippen molar-refractivity contribution in [2.75, 3.05) is 27.1 Å². The highest BCUT2D eigenvalue weighted by molar-refractivity contribution is 6.09. The van der Waals surface area contributed by atoms with Crippen LogP contribution in [0.1, 0.15) is 10.4 Å². The van der Waals surface area contributed by atoms with Gasteiger partial charge in [0.1, 0.15) is 11.4 Å². The minimum Gasteiger partial charge on any atom is -0.493 e. The zero-order chi connectivity index (χ0) is 13.3. The second kappa shape index (κ2) is 4.48. The molecule has 2 aromatic rings. The van der Waals surface area contributed by atoms with Crippen molar-refractivity contribution in [2.24, 2.45) is 0 Å².